The van der Waals surface area contributed by atoms with E-state index in [1.165, 1.54) is 5.56 Å². The molecule has 0 aliphatic heterocycles. The molecule has 0 saturated carbocycles. The summed E-state index contributed by atoms with van der Waals surface area (Å²) in [7, 11) is 0. The molecule has 0 N–H and O–H groups in total. The molecule has 0 heterocycles. The highest BCUT2D eigenvalue weighted by atomic mass is 16.5. The molecule has 1 heteroatoms. The molecule has 0 spiro atoms. The Morgan fingerprint density at radius 1 is 1.17 bits per heavy atom. The quantitative estimate of drug-likeness (QED) is 0.474. The van der Waals surface area contributed by atoms with Gasteiger partial charge in [-0.25, -0.2) is 0 Å². The number of para-hydroxylation sites is 1. The second-order valence-electron chi connectivity index (χ2n) is 4.04. The van der Waals surface area contributed by atoms with Gasteiger partial charge in [0, 0.05) is 0 Å². The van der Waals surface area contributed by atoms with E-state index in [1.807, 2.05) is 30.4 Å². The van der Waals surface area contributed by atoms with Crippen LogP contribution < -0.4 is 4.74 Å². The summed E-state index contributed by atoms with van der Waals surface area (Å²) in [5.41, 5.74) is 1.30. The van der Waals surface area contributed by atoms with Crippen molar-refractivity contribution in [2.75, 3.05) is 6.61 Å². The molecule has 0 aliphatic rings. The van der Waals surface area contributed by atoms with Crippen LogP contribution in [0.2, 0.25) is 0 Å². The molecular weight excluding hydrogens is 220 g/mol. The van der Waals surface area contributed by atoms with E-state index in [9.17, 15) is 0 Å². The van der Waals surface area contributed by atoms with Crippen LogP contribution in [0.15, 0.2) is 61.2 Å². The van der Waals surface area contributed by atoms with E-state index in [0.29, 0.717) is 0 Å². The number of hydrogen-bond donors (Lipinski definition) is 0. The molecule has 96 valence electrons. The molecular formula is C17H22O. The van der Waals surface area contributed by atoms with Crippen LogP contribution in [0, 0.1) is 0 Å². The van der Waals surface area contributed by atoms with Gasteiger partial charge in [0.1, 0.15) is 5.75 Å². The number of aryl methyl sites for hydroxylation is 1. The standard InChI is InChI=1S/C17H22O/c1-3-5-6-7-8-11-15-18-17-14-10-9-13-16(17)12-4-2/h3,5-10,13-14H,1,4,11-12,15H2,2H3/b6-5-,8-7-. The molecule has 0 aliphatic carbocycles. The molecule has 0 amide bonds. The Morgan fingerprint density at radius 3 is 2.78 bits per heavy atom. The first-order chi connectivity index (χ1) is 8.88. The molecule has 0 atom stereocenters. The Hall–Kier alpha value is -1.76. The number of hydrogen-bond acceptors (Lipinski definition) is 1. The Bertz CT molecular complexity index is 402. The van der Waals surface area contributed by atoms with Crippen LogP contribution >= 0.6 is 0 Å². The van der Waals surface area contributed by atoms with Crippen LogP contribution in [0.3, 0.4) is 0 Å². The summed E-state index contributed by atoms with van der Waals surface area (Å²) < 4.78 is 5.80. The first-order valence-corrected chi connectivity index (χ1v) is 6.53. The van der Waals surface area contributed by atoms with Gasteiger partial charge in [-0.05, 0) is 24.5 Å². The minimum Gasteiger partial charge on any atom is -0.493 e. The maximum Gasteiger partial charge on any atom is 0.122 e. The number of ether oxygens (including phenoxy) is 1. The SMILES string of the molecule is C=C/C=C\C=C/CCOc1ccccc1CCC. The normalized spacial score (nSPS) is 11.2. The van der Waals surface area contributed by atoms with Crippen LogP contribution in [-0.4, -0.2) is 6.61 Å². The summed E-state index contributed by atoms with van der Waals surface area (Å²) in [4.78, 5) is 0. The third kappa shape index (κ3) is 5.53. The zero-order valence-corrected chi connectivity index (χ0v) is 11.1. The van der Waals surface area contributed by atoms with Crippen LogP contribution in [0.4, 0.5) is 0 Å². The molecule has 0 bridgehead atoms. The van der Waals surface area contributed by atoms with Crippen LogP contribution in [0.25, 0.3) is 0 Å². The maximum absolute atomic E-state index is 5.80. The van der Waals surface area contributed by atoms with Crippen molar-refractivity contribution < 1.29 is 4.74 Å². The van der Waals surface area contributed by atoms with Crippen molar-refractivity contribution in [2.24, 2.45) is 0 Å². The molecule has 0 unspecified atom stereocenters. The Labute approximate surface area is 110 Å². The molecule has 18 heavy (non-hydrogen) atoms. The Kier molecular flexibility index (Phi) is 7.38. The highest BCUT2D eigenvalue weighted by Gasteiger charge is 2.00. The fraction of sp³-hybridized carbons (Fsp3) is 0.294. The topological polar surface area (TPSA) is 9.23 Å². The summed E-state index contributed by atoms with van der Waals surface area (Å²) in [5.74, 6) is 1.02. The molecule has 0 fully saturated rings. The van der Waals surface area contributed by atoms with E-state index in [2.05, 4.69) is 31.7 Å². The smallest absolute Gasteiger partial charge is 0.122 e. The largest absolute Gasteiger partial charge is 0.493 e. The van der Waals surface area contributed by atoms with Crippen molar-refractivity contribution in [3.8, 4) is 5.75 Å². The summed E-state index contributed by atoms with van der Waals surface area (Å²) in [6, 6.07) is 8.28. The Morgan fingerprint density at radius 2 is 2.00 bits per heavy atom. The van der Waals surface area contributed by atoms with Gasteiger partial charge in [-0.1, -0.05) is 68.5 Å². The number of benzene rings is 1. The summed E-state index contributed by atoms with van der Waals surface area (Å²) in [5, 5.41) is 0. The molecule has 0 saturated heterocycles. The summed E-state index contributed by atoms with van der Waals surface area (Å²) in [6.45, 7) is 6.52. The lowest BCUT2D eigenvalue weighted by Gasteiger charge is -2.09. The first kappa shape index (κ1) is 14.3. The molecule has 1 nitrogen and oxygen atoms in total. The van der Waals surface area contributed by atoms with Gasteiger partial charge >= 0.3 is 0 Å². The predicted octanol–water partition coefficient (Wildman–Crippen LogP) is 4.71. The van der Waals surface area contributed by atoms with Crippen LogP contribution in [-0.2, 0) is 6.42 Å². The minimum atomic E-state index is 0.721. The molecule has 1 rings (SSSR count). The predicted molar refractivity (Wildman–Crippen MR) is 79.0 cm³/mol. The zero-order chi connectivity index (χ0) is 13.1. The third-order valence-electron chi connectivity index (χ3n) is 2.53. The van der Waals surface area contributed by atoms with Gasteiger partial charge in [0.15, 0.2) is 0 Å². The number of allylic oxidation sites excluding steroid dienone is 4. The molecule has 1 aromatic carbocycles. The highest BCUT2D eigenvalue weighted by Crippen LogP contribution is 2.19. The van der Waals surface area contributed by atoms with Gasteiger partial charge in [-0.2, -0.15) is 0 Å². The van der Waals surface area contributed by atoms with E-state index < -0.39 is 0 Å². The van der Waals surface area contributed by atoms with E-state index in [4.69, 9.17) is 4.74 Å². The van der Waals surface area contributed by atoms with Crippen molar-refractivity contribution in [1.29, 1.82) is 0 Å². The van der Waals surface area contributed by atoms with Crippen molar-refractivity contribution in [2.45, 2.75) is 26.2 Å². The fourth-order valence-electron chi connectivity index (χ4n) is 1.67. The van der Waals surface area contributed by atoms with Crippen molar-refractivity contribution in [3.63, 3.8) is 0 Å². The average molecular weight is 242 g/mol. The summed E-state index contributed by atoms with van der Waals surface area (Å²) in [6.07, 6.45) is 12.9. The van der Waals surface area contributed by atoms with E-state index >= 15 is 0 Å². The number of rotatable bonds is 8. The van der Waals surface area contributed by atoms with Crippen molar-refractivity contribution in [1.82, 2.24) is 0 Å². The lowest BCUT2D eigenvalue weighted by molar-refractivity contribution is 0.321. The third-order valence-corrected chi connectivity index (χ3v) is 2.53. The van der Waals surface area contributed by atoms with Crippen molar-refractivity contribution >= 4 is 0 Å². The van der Waals surface area contributed by atoms with E-state index in [0.717, 1.165) is 31.6 Å². The van der Waals surface area contributed by atoms with Gasteiger partial charge in [0.05, 0.1) is 6.61 Å². The monoisotopic (exact) mass is 242 g/mol. The highest BCUT2D eigenvalue weighted by molar-refractivity contribution is 5.33. The zero-order valence-electron chi connectivity index (χ0n) is 11.1. The Balaban J connectivity index is 2.36. The maximum atomic E-state index is 5.80. The molecule has 1 aromatic rings. The van der Waals surface area contributed by atoms with Crippen molar-refractivity contribution in [3.05, 3.63) is 66.8 Å². The van der Waals surface area contributed by atoms with E-state index in [-0.39, 0.29) is 0 Å². The molecule has 0 aromatic heterocycles. The van der Waals surface area contributed by atoms with Crippen LogP contribution in [0.1, 0.15) is 25.3 Å². The first-order valence-electron chi connectivity index (χ1n) is 6.53. The lowest BCUT2D eigenvalue weighted by atomic mass is 10.1. The van der Waals surface area contributed by atoms with Gasteiger partial charge in [0.25, 0.3) is 0 Å². The lowest BCUT2D eigenvalue weighted by Crippen LogP contribution is -1.98. The van der Waals surface area contributed by atoms with E-state index in [1.54, 1.807) is 6.08 Å². The fourth-order valence-corrected chi connectivity index (χ4v) is 1.67. The second-order valence-corrected chi connectivity index (χ2v) is 4.04. The average Bonchev–Trinajstić information content (AvgIpc) is 2.40. The minimum absolute atomic E-state index is 0.721. The van der Waals surface area contributed by atoms with Gasteiger partial charge in [0.2, 0.25) is 0 Å². The van der Waals surface area contributed by atoms with Gasteiger partial charge in [-0.3, -0.25) is 0 Å². The second kappa shape index (κ2) is 9.29. The van der Waals surface area contributed by atoms with Gasteiger partial charge in [-0.15, -0.1) is 0 Å². The van der Waals surface area contributed by atoms with Crippen LogP contribution in [0.5, 0.6) is 5.75 Å². The molecule has 0 radical (unpaired) electrons. The summed E-state index contributed by atoms with van der Waals surface area (Å²) >= 11 is 0. The van der Waals surface area contributed by atoms with Gasteiger partial charge < -0.3 is 4.74 Å².